The predicted octanol–water partition coefficient (Wildman–Crippen LogP) is 2.46. The Balaban J connectivity index is 3.67. The molecular formula is C6H2ClF2IN2O4S. The van der Waals surface area contributed by atoms with Gasteiger partial charge in [0.25, 0.3) is 9.05 Å². The Morgan fingerprint density at radius 1 is 1.53 bits per heavy atom. The first kappa shape index (κ1) is 14.4. The molecule has 17 heavy (non-hydrogen) atoms. The first-order chi connectivity index (χ1) is 7.64. The van der Waals surface area contributed by atoms with Gasteiger partial charge >= 0.3 is 12.2 Å². The third-order valence-corrected chi connectivity index (χ3v) is 4.44. The van der Waals surface area contributed by atoms with Gasteiger partial charge in [-0.25, -0.2) is 17.2 Å². The highest BCUT2D eigenvalue weighted by atomic mass is 127. The molecule has 1 aromatic heterocycles. The summed E-state index contributed by atoms with van der Waals surface area (Å²) in [6.07, 6.45) is -3.14. The van der Waals surface area contributed by atoms with Crippen molar-refractivity contribution < 1.29 is 22.1 Å². The van der Waals surface area contributed by atoms with Gasteiger partial charge in [0.15, 0.2) is 0 Å². The Hall–Kier alpha value is -0.620. The fourth-order valence-electron chi connectivity index (χ4n) is 0.927. The van der Waals surface area contributed by atoms with E-state index in [0.29, 0.717) is 6.07 Å². The summed E-state index contributed by atoms with van der Waals surface area (Å²) in [6.45, 7) is 0. The summed E-state index contributed by atoms with van der Waals surface area (Å²) < 4.78 is 46.7. The molecule has 0 saturated carbocycles. The van der Waals surface area contributed by atoms with Crippen LogP contribution in [0.5, 0.6) is 0 Å². The molecule has 0 spiro atoms. The molecular weight excluding hydrogens is 396 g/mol. The maximum Gasteiger partial charge on any atom is 0.365 e. The van der Waals surface area contributed by atoms with E-state index in [1.807, 2.05) is 0 Å². The first-order valence-electron chi connectivity index (χ1n) is 3.72. The molecule has 0 aliphatic carbocycles. The van der Waals surface area contributed by atoms with E-state index in [2.05, 4.69) is 4.98 Å². The number of aromatic nitrogens is 1. The fourth-order valence-corrected chi connectivity index (χ4v) is 3.63. The lowest BCUT2D eigenvalue weighted by molar-refractivity contribution is -0.390. The summed E-state index contributed by atoms with van der Waals surface area (Å²) in [7, 11) is 0.631. The smallest absolute Gasteiger partial charge is 0.358 e. The Kier molecular flexibility index (Phi) is 4.19. The van der Waals surface area contributed by atoms with Gasteiger partial charge in [-0.3, -0.25) is 0 Å². The highest BCUT2D eigenvalue weighted by molar-refractivity contribution is 14.1. The van der Waals surface area contributed by atoms with Crippen LogP contribution in [-0.2, 0) is 9.05 Å². The fraction of sp³-hybridized carbons (Fsp3) is 0.167. The topological polar surface area (TPSA) is 90.2 Å². The van der Waals surface area contributed by atoms with Crippen LogP contribution in [0.3, 0.4) is 0 Å². The van der Waals surface area contributed by atoms with Gasteiger partial charge in [-0.2, -0.15) is 0 Å². The second-order valence-corrected chi connectivity index (χ2v) is 6.29. The third kappa shape index (κ3) is 3.19. The van der Waals surface area contributed by atoms with E-state index in [9.17, 15) is 27.3 Å². The van der Waals surface area contributed by atoms with Crippen LogP contribution in [0.1, 0.15) is 12.1 Å². The third-order valence-electron chi connectivity index (χ3n) is 1.59. The van der Waals surface area contributed by atoms with Crippen LogP contribution in [0.25, 0.3) is 0 Å². The zero-order valence-corrected chi connectivity index (χ0v) is 11.3. The Morgan fingerprint density at radius 2 is 2.06 bits per heavy atom. The molecule has 0 N–H and O–H groups in total. The highest BCUT2D eigenvalue weighted by Gasteiger charge is 2.30. The monoisotopic (exact) mass is 398 g/mol. The van der Waals surface area contributed by atoms with E-state index >= 15 is 0 Å². The molecule has 0 bridgehead atoms. The number of hydrogen-bond donors (Lipinski definition) is 0. The van der Waals surface area contributed by atoms with Gasteiger partial charge in [-0.15, -0.1) is 0 Å². The van der Waals surface area contributed by atoms with Gasteiger partial charge < -0.3 is 10.1 Å². The van der Waals surface area contributed by atoms with E-state index in [1.54, 1.807) is 0 Å². The van der Waals surface area contributed by atoms with Crippen molar-refractivity contribution in [2.24, 2.45) is 0 Å². The van der Waals surface area contributed by atoms with Crippen molar-refractivity contribution in [3.63, 3.8) is 0 Å². The summed E-state index contributed by atoms with van der Waals surface area (Å²) in [5.41, 5.74) is -0.987. The lowest BCUT2D eigenvalue weighted by atomic mass is 10.3. The molecule has 6 nitrogen and oxygen atoms in total. The first-order valence-corrected chi connectivity index (χ1v) is 7.11. The number of alkyl halides is 2. The molecule has 0 radical (unpaired) electrons. The van der Waals surface area contributed by atoms with Gasteiger partial charge in [0.1, 0.15) is 4.90 Å². The number of pyridine rings is 1. The van der Waals surface area contributed by atoms with E-state index < -0.39 is 40.4 Å². The molecule has 0 aliphatic rings. The maximum absolute atomic E-state index is 12.5. The largest absolute Gasteiger partial charge is 0.365 e. The number of nitrogens with zero attached hydrogens (tertiary/aromatic N) is 2. The summed E-state index contributed by atoms with van der Waals surface area (Å²) in [6, 6.07) is 0.538. The zero-order chi connectivity index (χ0) is 13.4. The van der Waals surface area contributed by atoms with Crippen LogP contribution >= 0.6 is 33.3 Å². The second kappa shape index (κ2) is 4.94. The van der Waals surface area contributed by atoms with Crippen molar-refractivity contribution in [2.75, 3.05) is 0 Å². The highest BCUT2D eigenvalue weighted by Crippen LogP contribution is 2.32. The lowest BCUT2D eigenvalue weighted by Crippen LogP contribution is -2.05. The van der Waals surface area contributed by atoms with E-state index in [1.165, 1.54) is 22.6 Å². The van der Waals surface area contributed by atoms with Crippen LogP contribution < -0.4 is 0 Å². The van der Waals surface area contributed by atoms with E-state index in [0.717, 1.165) is 0 Å². The summed E-state index contributed by atoms with van der Waals surface area (Å²) in [4.78, 5) is 11.7. The van der Waals surface area contributed by atoms with Crippen LogP contribution in [0.4, 0.5) is 14.6 Å². The van der Waals surface area contributed by atoms with Gasteiger partial charge in [0.2, 0.25) is 5.69 Å². The quantitative estimate of drug-likeness (QED) is 0.338. The van der Waals surface area contributed by atoms with Crippen LogP contribution in [-0.4, -0.2) is 18.3 Å². The summed E-state index contributed by atoms with van der Waals surface area (Å²) in [5, 5.41) is 10.4. The molecule has 0 unspecified atom stereocenters. The standard InChI is InChI=1S/C6H2ClF2IN2O4S/c7-17(15,16)2-1-3(12(13)14)11-5(4(2)10)6(8)9/h1,6H. The lowest BCUT2D eigenvalue weighted by Gasteiger charge is -2.03. The molecule has 1 heterocycles. The molecule has 0 aliphatic heterocycles. The van der Waals surface area contributed by atoms with Crippen molar-refractivity contribution in [3.8, 4) is 0 Å². The average molecular weight is 399 g/mol. The predicted molar refractivity (Wildman–Crippen MR) is 61.6 cm³/mol. The van der Waals surface area contributed by atoms with Crippen molar-refractivity contribution >= 4 is 48.1 Å². The normalized spacial score (nSPS) is 11.8. The average Bonchev–Trinajstić information content (AvgIpc) is 2.15. The minimum absolute atomic E-state index is 0.432. The van der Waals surface area contributed by atoms with Crippen molar-refractivity contribution in [1.82, 2.24) is 4.98 Å². The Bertz CT molecular complexity index is 580. The van der Waals surface area contributed by atoms with Gasteiger partial charge in [-0.1, -0.05) is 0 Å². The minimum Gasteiger partial charge on any atom is -0.358 e. The molecule has 1 aromatic rings. The van der Waals surface area contributed by atoms with Crippen LogP contribution in [0.15, 0.2) is 11.0 Å². The number of rotatable bonds is 3. The van der Waals surface area contributed by atoms with Gasteiger partial charge in [-0.05, 0) is 32.5 Å². The second-order valence-electron chi connectivity index (χ2n) is 2.67. The minimum atomic E-state index is -4.36. The van der Waals surface area contributed by atoms with E-state index in [-0.39, 0.29) is 0 Å². The number of nitro groups is 1. The number of halogens is 4. The summed E-state index contributed by atoms with van der Waals surface area (Å²) >= 11 is 1.29. The number of hydrogen-bond acceptors (Lipinski definition) is 5. The van der Waals surface area contributed by atoms with Crippen molar-refractivity contribution in [2.45, 2.75) is 11.3 Å². The van der Waals surface area contributed by atoms with Crippen LogP contribution in [0.2, 0.25) is 0 Å². The molecule has 94 valence electrons. The Morgan fingerprint density at radius 3 is 2.41 bits per heavy atom. The van der Waals surface area contributed by atoms with Crippen LogP contribution in [0, 0.1) is 13.7 Å². The molecule has 0 saturated heterocycles. The molecule has 0 fully saturated rings. The molecule has 1 rings (SSSR count). The van der Waals surface area contributed by atoms with Gasteiger partial charge in [0, 0.05) is 10.7 Å². The summed E-state index contributed by atoms with van der Waals surface area (Å²) in [5.74, 6) is -1.00. The van der Waals surface area contributed by atoms with Gasteiger partial charge in [0.05, 0.1) is 9.64 Å². The molecule has 0 aromatic carbocycles. The van der Waals surface area contributed by atoms with Crippen molar-refractivity contribution in [3.05, 3.63) is 25.4 Å². The molecule has 0 amide bonds. The zero-order valence-electron chi connectivity index (χ0n) is 7.60. The Labute approximate surface area is 112 Å². The van der Waals surface area contributed by atoms with E-state index in [4.69, 9.17) is 10.7 Å². The SMILES string of the molecule is O=[N+]([O-])c1cc(S(=O)(=O)Cl)c(I)c(C(F)F)n1. The molecule has 0 atom stereocenters. The molecule has 11 heteroatoms. The van der Waals surface area contributed by atoms with Crippen molar-refractivity contribution in [1.29, 1.82) is 0 Å². The maximum atomic E-state index is 12.5.